The van der Waals surface area contributed by atoms with Crippen LogP contribution in [0.4, 0.5) is 24.7 Å². The molecule has 3 heterocycles. The fraction of sp³-hybridized carbons (Fsp3) is 0.160. The summed E-state index contributed by atoms with van der Waals surface area (Å²) in [6.45, 7) is 4.66. The Balaban J connectivity index is 1.62. The zero-order chi connectivity index (χ0) is 25.0. The highest BCUT2D eigenvalue weighted by Crippen LogP contribution is 2.31. The third-order valence-corrected chi connectivity index (χ3v) is 5.19. The van der Waals surface area contributed by atoms with E-state index in [-0.39, 0.29) is 0 Å². The van der Waals surface area contributed by atoms with Gasteiger partial charge in [0.1, 0.15) is 5.82 Å². The maximum Gasteiger partial charge on any atom is 0.418 e. The number of anilines is 2. The number of nitrogens with one attached hydrogen (secondary N) is 2. The number of rotatable bonds is 6. The molecule has 0 atom stereocenters. The van der Waals surface area contributed by atoms with Crippen LogP contribution in [0.5, 0.6) is 0 Å². The Kier molecular flexibility index (Phi) is 6.72. The molecule has 1 amide bonds. The molecule has 0 aliphatic heterocycles. The zero-order valence-corrected chi connectivity index (χ0v) is 18.9. The molecule has 178 valence electrons. The van der Waals surface area contributed by atoms with Crippen LogP contribution in [0.15, 0.2) is 67.1 Å². The number of halogens is 3. The number of carbonyl (C=O) groups is 1. The van der Waals surface area contributed by atoms with Crippen molar-refractivity contribution in [3.8, 4) is 22.4 Å². The molecule has 0 radical (unpaired) electrons. The lowest BCUT2D eigenvalue weighted by molar-refractivity contribution is -0.137. The molecule has 0 saturated heterocycles. The molecule has 2 N–H and O–H groups in total. The van der Waals surface area contributed by atoms with E-state index in [0.29, 0.717) is 18.0 Å². The minimum atomic E-state index is -4.62. The minimum absolute atomic E-state index is 0.409. The number of aryl methyl sites for hydroxylation is 1. The molecule has 0 spiro atoms. The number of carbonyl (C=O) groups excluding carboxylic acids is 1. The van der Waals surface area contributed by atoms with Gasteiger partial charge in [-0.25, -0.2) is 4.98 Å². The van der Waals surface area contributed by atoms with E-state index in [1.807, 2.05) is 44.2 Å². The van der Waals surface area contributed by atoms with Crippen LogP contribution in [0.3, 0.4) is 0 Å². The lowest BCUT2D eigenvalue weighted by atomic mass is 9.99. The first-order valence-electron chi connectivity index (χ1n) is 10.7. The number of nitrogens with zero attached hydrogens (tertiary/aromatic N) is 4. The predicted molar refractivity (Wildman–Crippen MR) is 127 cm³/mol. The van der Waals surface area contributed by atoms with Crippen LogP contribution in [-0.4, -0.2) is 32.6 Å². The Morgan fingerprint density at radius 2 is 1.74 bits per heavy atom. The van der Waals surface area contributed by atoms with Crippen LogP contribution in [0, 0.1) is 6.92 Å². The molecule has 0 unspecified atom stereocenters. The largest absolute Gasteiger partial charge is 0.418 e. The van der Waals surface area contributed by atoms with Crippen LogP contribution in [0.1, 0.15) is 28.5 Å². The van der Waals surface area contributed by atoms with Crippen molar-refractivity contribution in [2.75, 3.05) is 17.2 Å². The second-order valence-corrected chi connectivity index (χ2v) is 7.70. The Bertz CT molecular complexity index is 1370. The van der Waals surface area contributed by atoms with Crippen LogP contribution in [0.25, 0.3) is 22.4 Å². The number of hydrogen-bond acceptors (Lipinski definition) is 6. The molecule has 1 aromatic carbocycles. The van der Waals surface area contributed by atoms with Gasteiger partial charge in [-0.2, -0.15) is 18.3 Å². The molecule has 0 bridgehead atoms. The fourth-order valence-corrected chi connectivity index (χ4v) is 3.46. The van der Waals surface area contributed by atoms with E-state index in [0.717, 1.165) is 40.3 Å². The van der Waals surface area contributed by atoms with E-state index < -0.39 is 23.3 Å². The van der Waals surface area contributed by atoms with Crippen molar-refractivity contribution in [1.29, 1.82) is 0 Å². The SMILES string of the molecule is CCNc1cc(-c2cc(-c3cc(NC(=O)c4cc(C(F)(F)F)cnn4)ccc3C)ccn2)ccn1. The topological polar surface area (TPSA) is 92.7 Å². The highest BCUT2D eigenvalue weighted by molar-refractivity contribution is 6.03. The van der Waals surface area contributed by atoms with Crippen molar-refractivity contribution >= 4 is 17.4 Å². The van der Waals surface area contributed by atoms with Gasteiger partial charge in [-0.05, 0) is 73.0 Å². The van der Waals surface area contributed by atoms with Crippen LogP contribution < -0.4 is 10.6 Å². The molecule has 0 fully saturated rings. The molecular formula is C25H21F3N6O. The maximum absolute atomic E-state index is 12.9. The van der Waals surface area contributed by atoms with Gasteiger partial charge in [-0.1, -0.05) is 6.07 Å². The first kappa shape index (κ1) is 23.8. The second-order valence-electron chi connectivity index (χ2n) is 7.70. The zero-order valence-electron chi connectivity index (χ0n) is 18.9. The number of aromatic nitrogens is 4. The number of amides is 1. The molecule has 4 aromatic rings. The molecule has 0 aliphatic carbocycles. The third kappa shape index (κ3) is 5.60. The fourth-order valence-electron chi connectivity index (χ4n) is 3.46. The van der Waals surface area contributed by atoms with E-state index in [2.05, 4.69) is 30.8 Å². The summed E-state index contributed by atoms with van der Waals surface area (Å²) in [4.78, 5) is 21.3. The smallest absolute Gasteiger partial charge is 0.370 e. The predicted octanol–water partition coefficient (Wildman–Crippen LogP) is 5.61. The Hall–Kier alpha value is -4.34. The van der Waals surface area contributed by atoms with Gasteiger partial charge >= 0.3 is 6.18 Å². The lowest BCUT2D eigenvalue weighted by Gasteiger charge is -2.12. The monoisotopic (exact) mass is 478 g/mol. The molecule has 3 aromatic heterocycles. The van der Waals surface area contributed by atoms with Gasteiger partial charge in [0, 0.05) is 30.2 Å². The van der Waals surface area contributed by atoms with Crippen LogP contribution in [0.2, 0.25) is 0 Å². The normalized spacial score (nSPS) is 11.2. The van der Waals surface area contributed by atoms with Crippen molar-refractivity contribution in [2.45, 2.75) is 20.0 Å². The maximum atomic E-state index is 12.9. The quantitative estimate of drug-likeness (QED) is 0.374. The molecule has 4 rings (SSSR count). The van der Waals surface area contributed by atoms with Crippen LogP contribution >= 0.6 is 0 Å². The van der Waals surface area contributed by atoms with Crippen molar-refractivity contribution in [3.05, 3.63) is 83.9 Å². The van der Waals surface area contributed by atoms with Crippen molar-refractivity contribution < 1.29 is 18.0 Å². The van der Waals surface area contributed by atoms with Crippen LogP contribution in [-0.2, 0) is 6.18 Å². The van der Waals surface area contributed by atoms with E-state index in [9.17, 15) is 18.0 Å². The summed E-state index contributed by atoms with van der Waals surface area (Å²) in [7, 11) is 0. The highest BCUT2D eigenvalue weighted by Gasteiger charge is 2.32. The standard InChI is InChI=1S/C25H21F3N6O/c1-3-29-23-11-17(7-9-31-23)21-10-16(6-8-30-21)20-13-19(5-4-15(20)2)33-24(35)22-12-18(14-32-34-22)25(26,27)28/h4-14H,3H2,1-2H3,(H,29,31)(H,33,35). The number of alkyl halides is 3. The second kappa shape index (κ2) is 9.88. The first-order chi connectivity index (χ1) is 16.7. The Labute approximate surface area is 199 Å². The summed E-state index contributed by atoms with van der Waals surface area (Å²) in [5.74, 6) is -0.0441. The molecular weight excluding hydrogens is 457 g/mol. The average Bonchev–Trinajstić information content (AvgIpc) is 2.85. The minimum Gasteiger partial charge on any atom is -0.370 e. The molecule has 0 saturated carbocycles. The highest BCUT2D eigenvalue weighted by atomic mass is 19.4. The number of benzene rings is 1. The number of pyridine rings is 2. The van der Waals surface area contributed by atoms with Gasteiger partial charge in [-0.3, -0.25) is 9.78 Å². The van der Waals surface area contributed by atoms with Gasteiger partial charge in [0.05, 0.1) is 17.5 Å². The summed E-state index contributed by atoms with van der Waals surface area (Å²) in [6, 6.07) is 13.5. The molecule has 0 aliphatic rings. The first-order valence-corrected chi connectivity index (χ1v) is 10.7. The van der Waals surface area contributed by atoms with Crippen molar-refractivity contribution in [3.63, 3.8) is 0 Å². The lowest BCUT2D eigenvalue weighted by Crippen LogP contribution is -2.16. The van der Waals surface area contributed by atoms with E-state index in [1.54, 1.807) is 24.5 Å². The Morgan fingerprint density at radius 1 is 0.971 bits per heavy atom. The van der Waals surface area contributed by atoms with Gasteiger partial charge in [0.25, 0.3) is 5.91 Å². The molecule has 10 heteroatoms. The average molecular weight is 478 g/mol. The summed E-state index contributed by atoms with van der Waals surface area (Å²) in [5, 5.41) is 12.6. The Morgan fingerprint density at radius 3 is 2.51 bits per heavy atom. The van der Waals surface area contributed by atoms with E-state index >= 15 is 0 Å². The van der Waals surface area contributed by atoms with E-state index in [1.165, 1.54) is 0 Å². The summed E-state index contributed by atoms with van der Waals surface area (Å²) in [5.41, 5.74) is 3.22. The van der Waals surface area contributed by atoms with Gasteiger partial charge in [0.2, 0.25) is 0 Å². The number of hydrogen-bond donors (Lipinski definition) is 2. The van der Waals surface area contributed by atoms with Gasteiger partial charge < -0.3 is 10.6 Å². The van der Waals surface area contributed by atoms with Crippen molar-refractivity contribution in [2.24, 2.45) is 0 Å². The summed E-state index contributed by atoms with van der Waals surface area (Å²) >= 11 is 0. The van der Waals surface area contributed by atoms with E-state index in [4.69, 9.17) is 0 Å². The van der Waals surface area contributed by atoms with Gasteiger partial charge in [0.15, 0.2) is 5.69 Å². The molecule has 35 heavy (non-hydrogen) atoms. The third-order valence-electron chi connectivity index (χ3n) is 5.19. The summed E-state index contributed by atoms with van der Waals surface area (Å²) < 4.78 is 38.8. The van der Waals surface area contributed by atoms with Gasteiger partial charge in [-0.15, -0.1) is 5.10 Å². The molecule has 7 nitrogen and oxygen atoms in total. The van der Waals surface area contributed by atoms with Crippen molar-refractivity contribution in [1.82, 2.24) is 20.2 Å². The summed E-state index contributed by atoms with van der Waals surface area (Å²) in [6.07, 6.45) is -0.643.